The summed E-state index contributed by atoms with van der Waals surface area (Å²) in [5, 5.41) is 3.11. The maximum Gasteiger partial charge on any atom is 0.199 e. The summed E-state index contributed by atoms with van der Waals surface area (Å²) >= 11 is 5.71. The lowest BCUT2D eigenvalue weighted by Crippen LogP contribution is -2.02. The molecule has 0 radical (unpaired) electrons. The van der Waals surface area contributed by atoms with Crippen LogP contribution in [0.25, 0.3) is 22.8 Å². The summed E-state index contributed by atoms with van der Waals surface area (Å²) in [6, 6.07) is 11.9. The first kappa shape index (κ1) is 14.5. The number of halogens is 2. The van der Waals surface area contributed by atoms with Gasteiger partial charge >= 0.3 is 0 Å². The van der Waals surface area contributed by atoms with E-state index in [9.17, 15) is 0 Å². The average Bonchev–Trinajstić information content (AvgIpc) is 2.94. The van der Waals surface area contributed by atoms with Gasteiger partial charge in [0.2, 0.25) is 0 Å². The number of aromatic nitrogens is 2. The Morgan fingerprint density at radius 2 is 1.90 bits per heavy atom. The van der Waals surface area contributed by atoms with Crippen molar-refractivity contribution in [2.45, 2.75) is 0 Å². The number of nitrogens with one attached hydrogen (secondary N) is 1. The Morgan fingerprint density at radius 1 is 1.14 bits per heavy atom. The molecule has 4 nitrogen and oxygen atoms in total. The van der Waals surface area contributed by atoms with E-state index < -0.39 is 0 Å². The second-order valence-electron chi connectivity index (χ2n) is 4.27. The fourth-order valence-corrected chi connectivity index (χ4v) is 3.16. The van der Waals surface area contributed by atoms with E-state index in [1.807, 2.05) is 43.4 Å². The largest absolute Gasteiger partial charge is 0.460 e. The van der Waals surface area contributed by atoms with Crippen molar-refractivity contribution < 1.29 is 4.42 Å². The monoisotopic (exact) mass is 455 g/mol. The normalized spacial score (nSPS) is 10.6. The number of rotatable bonds is 3. The topological polar surface area (TPSA) is 51.0 Å². The number of hydrogen-bond donors (Lipinski definition) is 1. The Labute approximate surface area is 144 Å². The maximum absolute atomic E-state index is 5.48. The van der Waals surface area contributed by atoms with Gasteiger partial charge in [0, 0.05) is 12.6 Å². The molecule has 2 heterocycles. The summed E-state index contributed by atoms with van der Waals surface area (Å²) in [5.74, 6) is 1.96. The molecule has 106 valence electrons. The Balaban J connectivity index is 2.23. The van der Waals surface area contributed by atoms with Gasteiger partial charge in [0.15, 0.2) is 11.6 Å². The molecule has 1 N–H and O–H groups in total. The zero-order valence-electron chi connectivity index (χ0n) is 11.1. The summed E-state index contributed by atoms with van der Waals surface area (Å²) in [7, 11) is 1.85. The summed E-state index contributed by atoms with van der Waals surface area (Å²) in [6.07, 6.45) is 1.61. The van der Waals surface area contributed by atoms with Crippen LogP contribution in [0.5, 0.6) is 0 Å². The fraction of sp³-hybridized carbons (Fsp3) is 0.0667. The van der Waals surface area contributed by atoms with Gasteiger partial charge in [-0.15, -0.1) is 0 Å². The third-order valence-electron chi connectivity index (χ3n) is 2.96. The first-order valence-electron chi connectivity index (χ1n) is 6.24. The first-order chi connectivity index (χ1) is 10.2. The predicted octanol–water partition coefficient (Wildman–Crippen LogP) is 4.81. The molecule has 0 aliphatic rings. The van der Waals surface area contributed by atoms with E-state index >= 15 is 0 Å². The quantitative estimate of drug-likeness (QED) is 0.575. The Hall–Kier alpha value is -1.41. The second-order valence-corrected chi connectivity index (χ2v) is 6.21. The zero-order chi connectivity index (χ0) is 14.8. The number of nitrogens with zero attached hydrogens (tertiary/aromatic N) is 2. The number of benzene rings is 1. The van der Waals surface area contributed by atoms with Crippen molar-refractivity contribution in [3.05, 3.63) is 50.7 Å². The predicted molar refractivity (Wildman–Crippen MR) is 95.1 cm³/mol. The van der Waals surface area contributed by atoms with Crippen molar-refractivity contribution in [2.24, 2.45) is 0 Å². The van der Waals surface area contributed by atoms with Crippen LogP contribution in [0.15, 0.2) is 51.6 Å². The summed E-state index contributed by atoms with van der Waals surface area (Å²) in [4.78, 5) is 9.20. The van der Waals surface area contributed by atoms with E-state index in [1.54, 1.807) is 6.26 Å². The van der Waals surface area contributed by atoms with Crippen LogP contribution >= 0.6 is 38.5 Å². The lowest BCUT2D eigenvalue weighted by molar-refractivity contribution is 0.576. The second kappa shape index (κ2) is 6.15. The molecular formula is C15H11BrIN3O. The Bertz CT molecular complexity index is 774. The number of hydrogen-bond acceptors (Lipinski definition) is 4. The minimum Gasteiger partial charge on any atom is -0.460 e. The van der Waals surface area contributed by atoms with Crippen molar-refractivity contribution >= 4 is 44.3 Å². The van der Waals surface area contributed by atoms with Crippen molar-refractivity contribution in [3.8, 4) is 22.8 Å². The minimum absolute atomic E-state index is 0.551. The van der Waals surface area contributed by atoms with E-state index in [4.69, 9.17) is 4.42 Å². The lowest BCUT2D eigenvalue weighted by Gasteiger charge is -2.10. The third kappa shape index (κ3) is 2.82. The van der Waals surface area contributed by atoms with E-state index in [0.29, 0.717) is 11.6 Å². The number of anilines is 1. The van der Waals surface area contributed by atoms with Gasteiger partial charge in [-0.05, 0) is 44.6 Å². The summed E-state index contributed by atoms with van der Waals surface area (Å²) in [5.41, 5.74) is 1.93. The van der Waals surface area contributed by atoms with Crippen molar-refractivity contribution in [2.75, 3.05) is 12.4 Å². The molecule has 0 amide bonds. The molecule has 0 saturated carbocycles. The molecule has 6 heteroatoms. The van der Waals surface area contributed by atoms with Gasteiger partial charge in [-0.3, -0.25) is 0 Å². The van der Waals surface area contributed by atoms with Gasteiger partial charge in [0.05, 0.1) is 20.0 Å². The van der Waals surface area contributed by atoms with E-state index in [0.717, 1.165) is 25.1 Å². The fourth-order valence-electron chi connectivity index (χ4n) is 1.95. The highest BCUT2D eigenvalue weighted by molar-refractivity contribution is 14.1. The van der Waals surface area contributed by atoms with Crippen molar-refractivity contribution in [1.82, 2.24) is 9.97 Å². The van der Waals surface area contributed by atoms with E-state index in [-0.39, 0.29) is 0 Å². The highest BCUT2D eigenvalue weighted by Crippen LogP contribution is 2.33. The van der Waals surface area contributed by atoms with Crippen LogP contribution in [0.2, 0.25) is 0 Å². The number of furan rings is 1. The average molecular weight is 456 g/mol. The van der Waals surface area contributed by atoms with Gasteiger partial charge < -0.3 is 9.73 Å². The zero-order valence-corrected chi connectivity index (χ0v) is 14.8. The molecule has 0 bridgehead atoms. The van der Waals surface area contributed by atoms with Crippen LogP contribution in [0, 0.1) is 3.57 Å². The molecule has 3 rings (SSSR count). The van der Waals surface area contributed by atoms with Gasteiger partial charge in [-0.25, -0.2) is 9.97 Å². The molecule has 0 aliphatic carbocycles. The van der Waals surface area contributed by atoms with Crippen LogP contribution < -0.4 is 5.32 Å². The molecule has 1 aromatic carbocycles. The van der Waals surface area contributed by atoms with Crippen LogP contribution in [0.3, 0.4) is 0 Å². The van der Waals surface area contributed by atoms with Crippen LogP contribution in [0.4, 0.5) is 5.82 Å². The molecular weight excluding hydrogens is 445 g/mol. The van der Waals surface area contributed by atoms with Gasteiger partial charge in [0.25, 0.3) is 0 Å². The smallest absolute Gasteiger partial charge is 0.199 e. The molecule has 0 saturated heterocycles. The highest BCUT2D eigenvalue weighted by Gasteiger charge is 2.17. The van der Waals surface area contributed by atoms with E-state index in [2.05, 4.69) is 53.8 Å². The molecule has 3 aromatic rings. The van der Waals surface area contributed by atoms with Crippen LogP contribution in [-0.4, -0.2) is 17.0 Å². The molecule has 0 spiro atoms. The van der Waals surface area contributed by atoms with E-state index in [1.165, 1.54) is 0 Å². The SMILES string of the molecule is CNc1nc(-c2occc2Br)nc(-c2ccccc2)c1I. The van der Waals surface area contributed by atoms with Gasteiger partial charge in [-0.2, -0.15) is 0 Å². The maximum atomic E-state index is 5.48. The molecule has 0 aliphatic heterocycles. The standard InChI is InChI=1S/C15H11BrIN3O/c1-18-14-11(17)12(9-5-3-2-4-6-9)19-15(20-14)13-10(16)7-8-21-13/h2-8H,1H3,(H,18,19,20). The Kier molecular flexibility index (Phi) is 4.25. The molecule has 2 aromatic heterocycles. The molecule has 0 fully saturated rings. The molecule has 21 heavy (non-hydrogen) atoms. The minimum atomic E-state index is 0.551. The third-order valence-corrected chi connectivity index (χ3v) is 4.60. The Morgan fingerprint density at radius 3 is 2.52 bits per heavy atom. The highest BCUT2D eigenvalue weighted by atomic mass is 127. The summed E-state index contributed by atoms with van der Waals surface area (Å²) < 4.78 is 7.30. The van der Waals surface area contributed by atoms with Crippen molar-refractivity contribution in [1.29, 1.82) is 0 Å². The molecule has 0 unspecified atom stereocenters. The van der Waals surface area contributed by atoms with Crippen LogP contribution in [-0.2, 0) is 0 Å². The van der Waals surface area contributed by atoms with Crippen LogP contribution in [0.1, 0.15) is 0 Å². The van der Waals surface area contributed by atoms with Gasteiger partial charge in [-0.1, -0.05) is 30.3 Å². The van der Waals surface area contributed by atoms with Gasteiger partial charge in [0.1, 0.15) is 5.82 Å². The van der Waals surface area contributed by atoms with Crippen molar-refractivity contribution in [3.63, 3.8) is 0 Å². The lowest BCUT2D eigenvalue weighted by atomic mass is 10.1. The molecule has 0 atom stereocenters. The first-order valence-corrected chi connectivity index (χ1v) is 8.12. The summed E-state index contributed by atoms with van der Waals surface area (Å²) in [6.45, 7) is 0.